The van der Waals surface area contributed by atoms with E-state index in [9.17, 15) is 0 Å². The van der Waals surface area contributed by atoms with Gasteiger partial charge in [-0.15, -0.1) is 0 Å². The Labute approximate surface area is 112 Å². The normalized spacial score (nSPS) is 12.8. The average Bonchev–Trinajstić information content (AvgIpc) is 2.35. The lowest BCUT2D eigenvalue weighted by Gasteiger charge is -2.15. The van der Waals surface area contributed by atoms with Crippen molar-refractivity contribution >= 4 is 15.9 Å². The lowest BCUT2D eigenvalue weighted by molar-refractivity contribution is 0.354. The molecule has 0 bridgehead atoms. The fraction of sp³-hybridized carbons (Fsp3) is 0.429. The summed E-state index contributed by atoms with van der Waals surface area (Å²) in [6.07, 6.45) is 5.27. The SMILES string of the molecule is C/C=C\CC(C)c1cc(OC)c(OC)cc1Br. The molecule has 17 heavy (non-hydrogen) atoms. The monoisotopic (exact) mass is 298 g/mol. The smallest absolute Gasteiger partial charge is 0.161 e. The van der Waals surface area contributed by atoms with Crippen molar-refractivity contribution in [2.75, 3.05) is 14.2 Å². The highest BCUT2D eigenvalue weighted by atomic mass is 79.9. The molecule has 2 nitrogen and oxygen atoms in total. The molecule has 0 amide bonds. The molecule has 3 heteroatoms. The summed E-state index contributed by atoms with van der Waals surface area (Å²) in [5.74, 6) is 1.97. The summed E-state index contributed by atoms with van der Waals surface area (Å²) in [6.45, 7) is 4.24. The van der Waals surface area contributed by atoms with Crippen LogP contribution in [-0.2, 0) is 0 Å². The molecule has 0 aliphatic rings. The van der Waals surface area contributed by atoms with Gasteiger partial charge in [-0.05, 0) is 37.0 Å². The summed E-state index contributed by atoms with van der Waals surface area (Å²) >= 11 is 3.58. The quantitative estimate of drug-likeness (QED) is 0.743. The molecule has 1 rings (SSSR count). The number of ether oxygens (including phenoxy) is 2. The first kappa shape index (κ1) is 14.1. The first-order valence-electron chi connectivity index (χ1n) is 5.66. The van der Waals surface area contributed by atoms with Crippen LogP contribution >= 0.6 is 15.9 Å². The highest BCUT2D eigenvalue weighted by Gasteiger charge is 2.13. The summed E-state index contributed by atoms with van der Waals surface area (Å²) < 4.78 is 11.6. The molecule has 0 heterocycles. The van der Waals surface area contributed by atoms with Gasteiger partial charge in [0.25, 0.3) is 0 Å². The van der Waals surface area contributed by atoms with Gasteiger partial charge in [-0.1, -0.05) is 35.0 Å². The Morgan fingerprint density at radius 1 is 1.24 bits per heavy atom. The van der Waals surface area contributed by atoms with Gasteiger partial charge in [0.1, 0.15) is 0 Å². The molecule has 0 saturated heterocycles. The van der Waals surface area contributed by atoms with Crippen LogP contribution in [0.3, 0.4) is 0 Å². The number of halogens is 1. The standard InChI is InChI=1S/C14H19BrO2/c1-5-6-7-10(2)11-8-13(16-3)14(17-4)9-12(11)15/h5-6,8-10H,7H2,1-4H3/b6-5-. The maximum Gasteiger partial charge on any atom is 0.161 e. The highest BCUT2D eigenvalue weighted by Crippen LogP contribution is 2.37. The van der Waals surface area contributed by atoms with Gasteiger partial charge in [0, 0.05) is 4.47 Å². The third kappa shape index (κ3) is 3.50. The van der Waals surface area contributed by atoms with Crippen molar-refractivity contribution in [2.24, 2.45) is 0 Å². The number of benzene rings is 1. The molecule has 0 radical (unpaired) electrons. The van der Waals surface area contributed by atoms with Crippen molar-refractivity contribution in [1.82, 2.24) is 0 Å². The molecule has 0 N–H and O–H groups in total. The first-order chi connectivity index (χ1) is 8.13. The lowest BCUT2D eigenvalue weighted by atomic mass is 9.97. The Morgan fingerprint density at radius 2 is 1.82 bits per heavy atom. The Bertz CT molecular complexity index is 399. The van der Waals surface area contributed by atoms with Gasteiger partial charge < -0.3 is 9.47 Å². The fourth-order valence-corrected chi connectivity index (χ4v) is 2.43. The number of rotatable bonds is 5. The molecular weight excluding hydrogens is 280 g/mol. The summed E-state index contributed by atoms with van der Waals surface area (Å²) in [7, 11) is 3.30. The second kappa shape index (κ2) is 6.70. The number of hydrogen-bond donors (Lipinski definition) is 0. The van der Waals surface area contributed by atoms with E-state index in [1.807, 2.05) is 19.1 Å². The molecule has 0 aromatic heterocycles. The van der Waals surface area contributed by atoms with Crippen molar-refractivity contribution < 1.29 is 9.47 Å². The van der Waals surface area contributed by atoms with E-state index < -0.39 is 0 Å². The van der Waals surface area contributed by atoms with Gasteiger partial charge in [-0.2, -0.15) is 0 Å². The lowest BCUT2D eigenvalue weighted by Crippen LogP contribution is -1.97. The predicted molar refractivity (Wildman–Crippen MR) is 75.1 cm³/mol. The minimum atomic E-state index is 0.445. The van der Waals surface area contributed by atoms with E-state index in [4.69, 9.17) is 9.47 Å². The van der Waals surface area contributed by atoms with Crippen molar-refractivity contribution in [2.45, 2.75) is 26.2 Å². The minimum Gasteiger partial charge on any atom is -0.493 e. The van der Waals surface area contributed by atoms with E-state index >= 15 is 0 Å². The maximum absolute atomic E-state index is 5.32. The van der Waals surface area contributed by atoms with Crippen molar-refractivity contribution in [1.29, 1.82) is 0 Å². The van der Waals surface area contributed by atoms with Gasteiger partial charge >= 0.3 is 0 Å². The molecule has 94 valence electrons. The Morgan fingerprint density at radius 3 is 2.35 bits per heavy atom. The zero-order chi connectivity index (χ0) is 12.8. The largest absolute Gasteiger partial charge is 0.493 e. The number of hydrogen-bond acceptors (Lipinski definition) is 2. The Hall–Kier alpha value is -0.960. The van der Waals surface area contributed by atoms with Crippen molar-refractivity contribution in [3.63, 3.8) is 0 Å². The van der Waals surface area contributed by atoms with Gasteiger partial charge in [0.05, 0.1) is 14.2 Å². The van der Waals surface area contributed by atoms with E-state index in [1.54, 1.807) is 14.2 Å². The van der Waals surface area contributed by atoms with E-state index in [-0.39, 0.29) is 0 Å². The molecule has 0 aliphatic carbocycles. The molecule has 0 fully saturated rings. The first-order valence-corrected chi connectivity index (χ1v) is 6.45. The van der Waals surface area contributed by atoms with Crippen LogP contribution in [-0.4, -0.2) is 14.2 Å². The summed E-state index contributed by atoms with van der Waals surface area (Å²) in [5, 5.41) is 0. The van der Waals surface area contributed by atoms with Crippen molar-refractivity contribution in [3.05, 3.63) is 34.3 Å². The van der Waals surface area contributed by atoms with E-state index in [2.05, 4.69) is 35.0 Å². The molecule has 1 atom stereocenters. The summed E-state index contributed by atoms with van der Waals surface area (Å²) in [4.78, 5) is 0. The van der Waals surface area contributed by atoms with E-state index in [0.29, 0.717) is 5.92 Å². The van der Waals surface area contributed by atoms with Crippen LogP contribution in [0.2, 0.25) is 0 Å². The van der Waals surface area contributed by atoms with Crippen LogP contribution in [0.1, 0.15) is 31.7 Å². The third-order valence-electron chi connectivity index (χ3n) is 2.76. The van der Waals surface area contributed by atoms with Gasteiger partial charge in [-0.3, -0.25) is 0 Å². The highest BCUT2D eigenvalue weighted by molar-refractivity contribution is 9.10. The van der Waals surface area contributed by atoms with Crippen LogP contribution in [0.15, 0.2) is 28.8 Å². The topological polar surface area (TPSA) is 18.5 Å². The molecular formula is C14H19BrO2. The molecule has 0 spiro atoms. The van der Waals surface area contributed by atoms with Crippen molar-refractivity contribution in [3.8, 4) is 11.5 Å². The third-order valence-corrected chi connectivity index (χ3v) is 3.45. The predicted octanol–water partition coefficient (Wildman–Crippen LogP) is 4.54. The van der Waals surface area contributed by atoms with Gasteiger partial charge in [0.2, 0.25) is 0 Å². The zero-order valence-electron chi connectivity index (χ0n) is 10.8. The Kier molecular flexibility index (Phi) is 5.56. The van der Waals surface area contributed by atoms with Gasteiger partial charge in [-0.25, -0.2) is 0 Å². The van der Waals surface area contributed by atoms with Crippen LogP contribution in [0, 0.1) is 0 Å². The van der Waals surface area contributed by atoms with Gasteiger partial charge in [0.15, 0.2) is 11.5 Å². The molecule has 0 aliphatic heterocycles. The van der Waals surface area contributed by atoms with Crippen LogP contribution < -0.4 is 9.47 Å². The van der Waals surface area contributed by atoms with E-state index in [1.165, 1.54) is 5.56 Å². The molecule has 1 aromatic rings. The van der Waals surface area contributed by atoms with Crippen LogP contribution in [0.4, 0.5) is 0 Å². The summed E-state index contributed by atoms with van der Waals surface area (Å²) in [6, 6.07) is 4.00. The molecule has 0 saturated carbocycles. The fourth-order valence-electron chi connectivity index (χ4n) is 1.71. The average molecular weight is 299 g/mol. The van der Waals surface area contributed by atoms with Crippen LogP contribution in [0.5, 0.6) is 11.5 Å². The van der Waals surface area contributed by atoms with E-state index in [0.717, 1.165) is 22.4 Å². The molecule has 1 unspecified atom stereocenters. The number of methoxy groups -OCH3 is 2. The second-order valence-electron chi connectivity index (χ2n) is 3.93. The van der Waals surface area contributed by atoms with Crippen LogP contribution in [0.25, 0.3) is 0 Å². The summed E-state index contributed by atoms with van der Waals surface area (Å²) in [5.41, 5.74) is 1.24. The zero-order valence-corrected chi connectivity index (χ0v) is 12.4. The Balaban J connectivity index is 3.07. The minimum absolute atomic E-state index is 0.445. The molecule has 1 aromatic carbocycles. The number of allylic oxidation sites excluding steroid dienone is 2. The second-order valence-corrected chi connectivity index (χ2v) is 4.79. The maximum atomic E-state index is 5.32.